The second-order valence-corrected chi connectivity index (χ2v) is 7.74. The lowest BCUT2D eigenvalue weighted by Crippen LogP contribution is -2.45. The number of likely N-dealkylation sites (tertiary alicyclic amines) is 1. The highest BCUT2D eigenvalue weighted by Crippen LogP contribution is 2.25. The molecule has 144 valence electrons. The number of nitrogens with one attached hydrogen (secondary N) is 1. The van der Waals surface area contributed by atoms with Gasteiger partial charge in [0.1, 0.15) is 0 Å². The Morgan fingerprint density at radius 3 is 2.73 bits per heavy atom. The van der Waals surface area contributed by atoms with Gasteiger partial charge in [-0.15, -0.1) is 0 Å². The Morgan fingerprint density at radius 1 is 1.19 bits per heavy atom. The zero-order valence-corrected chi connectivity index (χ0v) is 16.2. The normalized spacial score (nSPS) is 21.8. The molecule has 26 heavy (non-hydrogen) atoms. The van der Waals surface area contributed by atoms with Crippen LogP contribution in [0.4, 0.5) is 10.5 Å². The highest BCUT2D eigenvalue weighted by atomic mass is 16.5. The number of hydrogen-bond acceptors (Lipinski definition) is 3. The number of amides is 2. The third kappa shape index (κ3) is 4.98. The minimum Gasteiger partial charge on any atom is -0.380 e. The van der Waals surface area contributed by atoms with E-state index >= 15 is 0 Å². The van der Waals surface area contributed by atoms with Crippen molar-refractivity contribution in [3.63, 3.8) is 0 Å². The van der Waals surface area contributed by atoms with E-state index < -0.39 is 0 Å². The maximum atomic E-state index is 12.7. The topological polar surface area (TPSA) is 44.8 Å². The zero-order valence-electron chi connectivity index (χ0n) is 16.2. The molecule has 0 unspecified atom stereocenters. The lowest BCUT2D eigenvalue weighted by atomic mass is 9.94. The third-order valence-corrected chi connectivity index (χ3v) is 5.88. The molecule has 1 saturated heterocycles. The Hall–Kier alpha value is -1.59. The summed E-state index contributed by atoms with van der Waals surface area (Å²) in [6.45, 7) is 2.35. The Morgan fingerprint density at radius 2 is 1.96 bits per heavy atom. The van der Waals surface area contributed by atoms with Gasteiger partial charge in [-0.3, -0.25) is 4.90 Å². The van der Waals surface area contributed by atoms with E-state index in [0.717, 1.165) is 31.6 Å². The molecule has 1 saturated carbocycles. The minimum atomic E-state index is -0.0143. The monoisotopic (exact) mass is 359 g/mol. The van der Waals surface area contributed by atoms with Crippen molar-refractivity contribution >= 4 is 11.7 Å². The summed E-state index contributed by atoms with van der Waals surface area (Å²) in [5.74, 6) is 0. The predicted octanol–water partition coefficient (Wildman–Crippen LogP) is 4.09. The molecule has 5 heteroatoms. The smallest absolute Gasteiger partial charge is 0.321 e. The summed E-state index contributed by atoms with van der Waals surface area (Å²) in [5.41, 5.74) is 2.12. The SMILES string of the molecule is CO[C@@H]1CCCN(C(=O)Nc2ccccc2CN(C)C2CCCCC2)C1. The summed E-state index contributed by atoms with van der Waals surface area (Å²) in [6.07, 6.45) is 8.80. The highest BCUT2D eigenvalue weighted by Gasteiger charge is 2.24. The largest absolute Gasteiger partial charge is 0.380 e. The second kappa shape index (κ2) is 9.38. The van der Waals surface area contributed by atoms with E-state index in [2.05, 4.69) is 29.4 Å². The summed E-state index contributed by atoms with van der Waals surface area (Å²) in [6, 6.07) is 8.84. The first kappa shape index (κ1) is 19.2. The number of nitrogens with zero attached hydrogens (tertiary/aromatic N) is 2. The fraction of sp³-hybridized carbons (Fsp3) is 0.667. The second-order valence-electron chi connectivity index (χ2n) is 7.74. The van der Waals surface area contributed by atoms with Crippen LogP contribution in [0.3, 0.4) is 0 Å². The molecule has 1 aromatic carbocycles. The summed E-state index contributed by atoms with van der Waals surface area (Å²) in [7, 11) is 3.94. The average molecular weight is 360 g/mol. The highest BCUT2D eigenvalue weighted by molar-refractivity contribution is 5.90. The number of anilines is 1. The molecule has 5 nitrogen and oxygen atoms in total. The predicted molar refractivity (Wildman–Crippen MR) is 105 cm³/mol. The number of hydrogen-bond donors (Lipinski definition) is 1. The van der Waals surface area contributed by atoms with Gasteiger partial charge in [-0.2, -0.15) is 0 Å². The van der Waals surface area contributed by atoms with E-state index in [-0.39, 0.29) is 12.1 Å². The summed E-state index contributed by atoms with van der Waals surface area (Å²) < 4.78 is 5.44. The van der Waals surface area contributed by atoms with E-state index in [9.17, 15) is 4.79 Å². The lowest BCUT2D eigenvalue weighted by molar-refractivity contribution is 0.0458. The van der Waals surface area contributed by atoms with Crippen LogP contribution in [0.1, 0.15) is 50.5 Å². The van der Waals surface area contributed by atoms with Crippen molar-refractivity contribution in [3.05, 3.63) is 29.8 Å². The van der Waals surface area contributed by atoms with Gasteiger partial charge in [-0.1, -0.05) is 37.5 Å². The van der Waals surface area contributed by atoms with E-state index in [1.54, 1.807) is 7.11 Å². The fourth-order valence-corrected chi connectivity index (χ4v) is 4.21. The first-order chi connectivity index (χ1) is 12.7. The molecule has 0 aromatic heterocycles. The average Bonchev–Trinajstić information content (AvgIpc) is 2.70. The first-order valence-corrected chi connectivity index (χ1v) is 10.0. The zero-order chi connectivity index (χ0) is 18.4. The van der Waals surface area contributed by atoms with E-state index in [1.807, 2.05) is 17.0 Å². The van der Waals surface area contributed by atoms with Crippen LogP contribution in [0.2, 0.25) is 0 Å². The molecule has 2 fully saturated rings. The van der Waals surface area contributed by atoms with Gasteiger partial charge in [0.25, 0.3) is 0 Å². The van der Waals surface area contributed by atoms with Crippen LogP contribution in [0.25, 0.3) is 0 Å². The number of urea groups is 1. The van der Waals surface area contributed by atoms with Crippen LogP contribution in [-0.2, 0) is 11.3 Å². The van der Waals surface area contributed by atoms with Crippen LogP contribution < -0.4 is 5.32 Å². The maximum Gasteiger partial charge on any atom is 0.321 e. The van der Waals surface area contributed by atoms with Crippen LogP contribution in [0.5, 0.6) is 0 Å². The molecule has 0 bridgehead atoms. The molecule has 3 rings (SSSR count). The number of methoxy groups -OCH3 is 1. The number of para-hydroxylation sites is 1. The molecule has 2 amide bonds. The fourth-order valence-electron chi connectivity index (χ4n) is 4.21. The number of benzene rings is 1. The Labute approximate surface area is 157 Å². The van der Waals surface area contributed by atoms with Crippen molar-refractivity contribution < 1.29 is 9.53 Å². The van der Waals surface area contributed by atoms with Crippen LogP contribution in [0.15, 0.2) is 24.3 Å². The molecule has 0 spiro atoms. The molecule has 1 atom stereocenters. The minimum absolute atomic E-state index is 0.0143. The van der Waals surface area contributed by atoms with Gasteiger partial charge in [-0.25, -0.2) is 4.79 Å². The van der Waals surface area contributed by atoms with E-state index in [4.69, 9.17) is 4.74 Å². The third-order valence-electron chi connectivity index (χ3n) is 5.88. The number of rotatable bonds is 5. The van der Waals surface area contributed by atoms with Gasteiger partial charge < -0.3 is 15.0 Å². The van der Waals surface area contributed by atoms with Crippen molar-refractivity contribution in [1.29, 1.82) is 0 Å². The molecule has 1 N–H and O–H groups in total. The van der Waals surface area contributed by atoms with Crippen molar-refractivity contribution in [2.24, 2.45) is 0 Å². The molecule has 1 aromatic rings. The Kier molecular flexibility index (Phi) is 6.92. The van der Waals surface area contributed by atoms with Gasteiger partial charge in [0.05, 0.1) is 6.10 Å². The van der Waals surface area contributed by atoms with Crippen molar-refractivity contribution in [2.45, 2.75) is 63.6 Å². The van der Waals surface area contributed by atoms with E-state index in [0.29, 0.717) is 12.6 Å². The van der Waals surface area contributed by atoms with Crippen molar-refractivity contribution in [3.8, 4) is 0 Å². The number of carbonyl (C=O) groups is 1. The Balaban J connectivity index is 1.62. The van der Waals surface area contributed by atoms with Gasteiger partial charge >= 0.3 is 6.03 Å². The van der Waals surface area contributed by atoms with E-state index in [1.165, 1.54) is 37.7 Å². The summed E-state index contributed by atoms with van der Waals surface area (Å²) >= 11 is 0. The molecule has 1 aliphatic heterocycles. The number of ether oxygens (including phenoxy) is 1. The van der Waals surface area contributed by atoms with Crippen molar-refractivity contribution in [2.75, 3.05) is 32.6 Å². The van der Waals surface area contributed by atoms with Crippen molar-refractivity contribution in [1.82, 2.24) is 9.80 Å². The number of piperidine rings is 1. The molecular weight excluding hydrogens is 326 g/mol. The molecule has 2 aliphatic rings. The maximum absolute atomic E-state index is 12.7. The van der Waals surface area contributed by atoms with Gasteiger partial charge in [0.2, 0.25) is 0 Å². The standard InChI is InChI=1S/C21H33N3O2/c1-23(18-10-4-3-5-11-18)15-17-9-6-7-13-20(17)22-21(25)24-14-8-12-19(16-24)26-2/h6-7,9,13,18-19H,3-5,8,10-12,14-16H2,1-2H3,(H,22,25)/t19-/m1/s1. The van der Waals surface area contributed by atoms with Crippen LogP contribution >= 0.6 is 0 Å². The first-order valence-electron chi connectivity index (χ1n) is 10.0. The molecular formula is C21H33N3O2. The van der Waals surface area contributed by atoms with Crippen LogP contribution in [0, 0.1) is 0 Å². The molecule has 0 radical (unpaired) electrons. The Bertz CT molecular complexity index is 586. The molecule has 1 heterocycles. The molecule has 1 aliphatic carbocycles. The summed E-state index contributed by atoms with van der Waals surface area (Å²) in [5, 5.41) is 3.14. The van der Waals surface area contributed by atoms with Gasteiger partial charge in [0, 0.05) is 38.5 Å². The van der Waals surface area contributed by atoms with Gasteiger partial charge in [0.15, 0.2) is 0 Å². The van der Waals surface area contributed by atoms with Crippen LogP contribution in [-0.4, -0.2) is 55.2 Å². The number of carbonyl (C=O) groups excluding carboxylic acids is 1. The quantitative estimate of drug-likeness (QED) is 0.861. The summed E-state index contributed by atoms with van der Waals surface area (Å²) in [4.78, 5) is 17.0. The lowest BCUT2D eigenvalue weighted by Gasteiger charge is -2.33. The van der Waals surface area contributed by atoms with Gasteiger partial charge in [-0.05, 0) is 44.4 Å².